The van der Waals surface area contributed by atoms with Gasteiger partial charge in [-0.3, -0.25) is 4.99 Å². The van der Waals surface area contributed by atoms with E-state index >= 15 is 0 Å². The Morgan fingerprint density at radius 1 is 1.20 bits per heavy atom. The van der Waals surface area contributed by atoms with E-state index in [4.69, 9.17) is 4.74 Å². The monoisotopic (exact) mass is 423 g/mol. The zero-order chi connectivity index (χ0) is 21.6. The summed E-state index contributed by atoms with van der Waals surface area (Å²) in [6.07, 6.45) is -0.615. The van der Waals surface area contributed by atoms with Crippen LogP contribution in [0.3, 0.4) is 0 Å². The number of fused-ring (bicyclic) bond motifs is 1. The molecule has 3 aromatic rings. The van der Waals surface area contributed by atoms with Crippen molar-refractivity contribution in [2.45, 2.75) is 19.1 Å². The first-order valence-electron chi connectivity index (χ1n) is 9.19. The number of alkyl halides is 3. The van der Waals surface area contributed by atoms with Crippen LogP contribution < -0.4 is 15.4 Å². The van der Waals surface area contributed by atoms with Crippen LogP contribution in [-0.2, 0) is 13.0 Å². The van der Waals surface area contributed by atoms with Gasteiger partial charge in [0.2, 0.25) is 5.88 Å². The molecule has 2 aromatic heterocycles. The van der Waals surface area contributed by atoms with Crippen LogP contribution in [0.2, 0.25) is 0 Å². The number of ether oxygens (including phenoxy) is 1. The van der Waals surface area contributed by atoms with Crippen LogP contribution >= 0.6 is 0 Å². The predicted octanol–water partition coefficient (Wildman–Crippen LogP) is 3.55. The molecule has 0 saturated heterocycles. The summed E-state index contributed by atoms with van der Waals surface area (Å²) in [6, 6.07) is 7.81. The van der Waals surface area contributed by atoms with Gasteiger partial charge in [0.15, 0.2) is 12.6 Å². The van der Waals surface area contributed by atoms with E-state index in [-0.39, 0.29) is 18.2 Å². The van der Waals surface area contributed by atoms with E-state index in [1.54, 1.807) is 25.2 Å². The van der Waals surface area contributed by atoms with E-state index in [0.29, 0.717) is 24.5 Å². The minimum Gasteiger partial charge on any atom is -0.468 e. The zero-order valence-electron chi connectivity index (χ0n) is 16.2. The molecular weight excluding hydrogens is 402 g/mol. The van der Waals surface area contributed by atoms with Crippen molar-refractivity contribution in [2.75, 3.05) is 20.2 Å². The van der Waals surface area contributed by atoms with Gasteiger partial charge in [0.05, 0.1) is 0 Å². The number of aliphatic imine (C=N–C) groups is 1. The molecule has 0 amide bonds. The summed E-state index contributed by atoms with van der Waals surface area (Å²) in [5.74, 6) is 0.0824. The van der Waals surface area contributed by atoms with Gasteiger partial charge in [-0.15, -0.1) is 0 Å². The minimum absolute atomic E-state index is 0.0846. The van der Waals surface area contributed by atoms with Crippen LogP contribution in [0.5, 0.6) is 5.88 Å². The summed E-state index contributed by atoms with van der Waals surface area (Å²) in [6.45, 7) is -0.707. The SMILES string of the molecule is CN=C(NCCc1c[nH]c2ccc(F)cc12)NCc1cccnc1OCC(F)(F)F. The van der Waals surface area contributed by atoms with Gasteiger partial charge in [-0.2, -0.15) is 13.2 Å². The van der Waals surface area contributed by atoms with Crippen molar-refractivity contribution in [3.05, 3.63) is 59.7 Å². The number of guanidine groups is 1. The van der Waals surface area contributed by atoms with Crippen molar-refractivity contribution in [1.82, 2.24) is 20.6 Å². The quantitative estimate of drug-likeness (QED) is 0.309. The number of H-pyrrole nitrogens is 1. The van der Waals surface area contributed by atoms with Crippen molar-refractivity contribution in [1.29, 1.82) is 0 Å². The van der Waals surface area contributed by atoms with Crippen LogP contribution in [-0.4, -0.2) is 42.3 Å². The van der Waals surface area contributed by atoms with E-state index in [1.807, 2.05) is 6.20 Å². The Bertz CT molecular complexity index is 1020. The molecule has 2 heterocycles. The van der Waals surface area contributed by atoms with E-state index < -0.39 is 12.8 Å². The Kier molecular flexibility index (Phi) is 6.76. The van der Waals surface area contributed by atoms with Crippen molar-refractivity contribution in [3.63, 3.8) is 0 Å². The topological polar surface area (TPSA) is 74.3 Å². The van der Waals surface area contributed by atoms with Gasteiger partial charge < -0.3 is 20.4 Å². The Morgan fingerprint density at radius 2 is 2.03 bits per heavy atom. The smallest absolute Gasteiger partial charge is 0.422 e. The maximum absolute atomic E-state index is 13.5. The highest BCUT2D eigenvalue weighted by Gasteiger charge is 2.29. The number of rotatable bonds is 7. The number of nitrogens with one attached hydrogen (secondary N) is 3. The standard InChI is InChI=1S/C20H21F4N5O/c1-25-19(27-8-6-13-10-28-17-5-4-15(21)9-16(13)17)29-11-14-3-2-7-26-18(14)30-12-20(22,23)24/h2-5,7,9-10,28H,6,8,11-12H2,1H3,(H2,25,27,29). The fourth-order valence-electron chi connectivity index (χ4n) is 2.91. The van der Waals surface area contributed by atoms with Gasteiger partial charge in [-0.25, -0.2) is 9.37 Å². The zero-order valence-corrected chi connectivity index (χ0v) is 16.2. The summed E-state index contributed by atoms with van der Waals surface area (Å²) in [7, 11) is 1.58. The van der Waals surface area contributed by atoms with Crippen molar-refractivity contribution in [3.8, 4) is 5.88 Å². The molecule has 0 spiro atoms. The van der Waals surface area contributed by atoms with Crippen LogP contribution in [0.15, 0.2) is 47.7 Å². The second-order valence-electron chi connectivity index (χ2n) is 6.48. The Labute approximate surface area is 170 Å². The van der Waals surface area contributed by atoms with Crippen LogP contribution in [0.4, 0.5) is 17.6 Å². The highest BCUT2D eigenvalue weighted by atomic mass is 19.4. The van der Waals surface area contributed by atoms with Gasteiger partial charge in [0.1, 0.15) is 5.82 Å². The van der Waals surface area contributed by atoms with Crippen LogP contribution in [0.25, 0.3) is 10.9 Å². The summed E-state index contributed by atoms with van der Waals surface area (Å²) in [5, 5.41) is 6.96. The number of aromatic nitrogens is 2. The highest BCUT2D eigenvalue weighted by Crippen LogP contribution is 2.20. The first-order chi connectivity index (χ1) is 14.4. The minimum atomic E-state index is -4.44. The third-order valence-corrected chi connectivity index (χ3v) is 4.31. The maximum atomic E-state index is 13.5. The number of hydrogen-bond acceptors (Lipinski definition) is 3. The molecule has 160 valence electrons. The Balaban J connectivity index is 1.53. The van der Waals surface area contributed by atoms with Gasteiger partial charge in [-0.05, 0) is 36.2 Å². The van der Waals surface area contributed by atoms with E-state index in [1.165, 1.54) is 18.3 Å². The molecule has 0 fully saturated rings. The molecule has 1 aromatic carbocycles. The first-order valence-corrected chi connectivity index (χ1v) is 9.19. The summed E-state index contributed by atoms with van der Waals surface area (Å²) >= 11 is 0. The molecule has 0 unspecified atom stereocenters. The maximum Gasteiger partial charge on any atom is 0.422 e. The molecule has 6 nitrogen and oxygen atoms in total. The summed E-state index contributed by atoms with van der Waals surface area (Å²) < 4.78 is 55.4. The number of aromatic amines is 1. The lowest BCUT2D eigenvalue weighted by molar-refractivity contribution is -0.154. The summed E-state index contributed by atoms with van der Waals surface area (Å²) in [4.78, 5) is 11.1. The highest BCUT2D eigenvalue weighted by molar-refractivity contribution is 5.83. The third kappa shape index (κ3) is 5.85. The molecule has 3 N–H and O–H groups in total. The van der Waals surface area contributed by atoms with Crippen LogP contribution in [0.1, 0.15) is 11.1 Å². The third-order valence-electron chi connectivity index (χ3n) is 4.31. The first kappa shape index (κ1) is 21.4. The average Bonchev–Trinajstić information content (AvgIpc) is 3.11. The molecule has 0 bridgehead atoms. The number of pyridine rings is 1. The van der Waals surface area contributed by atoms with Crippen LogP contribution in [0, 0.1) is 5.82 Å². The van der Waals surface area contributed by atoms with E-state index in [9.17, 15) is 17.6 Å². The number of hydrogen-bond donors (Lipinski definition) is 3. The molecule has 3 rings (SSSR count). The molecule has 0 atom stereocenters. The molecule has 10 heteroatoms. The lowest BCUT2D eigenvalue weighted by Gasteiger charge is -2.14. The largest absolute Gasteiger partial charge is 0.468 e. The normalized spacial score (nSPS) is 12.2. The molecule has 0 radical (unpaired) electrons. The fourth-order valence-corrected chi connectivity index (χ4v) is 2.91. The van der Waals surface area contributed by atoms with Gasteiger partial charge in [0.25, 0.3) is 0 Å². The second kappa shape index (κ2) is 9.47. The number of halogens is 4. The van der Waals surface area contributed by atoms with Gasteiger partial charge >= 0.3 is 6.18 Å². The number of benzene rings is 1. The van der Waals surface area contributed by atoms with Crippen molar-refractivity contribution >= 4 is 16.9 Å². The van der Waals surface area contributed by atoms with E-state index in [2.05, 4.69) is 25.6 Å². The second-order valence-corrected chi connectivity index (χ2v) is 6.48. The fraction of sp³-hybridized carbons (Fsp3) is 0.300. The molecule has 0 saturated carbocycles. The van der Waals surface area contributed by atoms with Gasteiger partial charge in [-0.1, -0.05) is 6.07 Å². The molecule has 0 aliphatic carbocycles. The lowest BCUT2D eigenvalue weighted by atomic mass is 10.1. The molecule has 30 heavy (non-hydrogen) atoms. The van der Waals surface area contributed by atoms with Crippen molar-refractivity contribution in [2.24, 2.45) is 4.99 Å². The molecule has 0 aliphatic rings. The Morgan fingerprint density at radius 3 is 2.80 bits per heavy atom. The predicted molar refractivity (Wildman–Crippen MR) is 106 cm³/mol. The average molecular weight is 423 g/mol. The van der Waals surface area contributed by atoms with Gasteiger partial charge in [0, 0.05) is 49.0 Å². The number of nitrogens with zero attached hydrogens (tertiary/aromatic N) is 2. The summed E-state index contributed by atoms with van der Waals surface area (Å²) in [5.41, 5.74) is 2.29. The van der Waals surface area contributed by atoms with Crippen molar-refractivity contribution < 1.29 is 22.3 Å². The molecular formula is C20H21F4N5O. The lowest BCUT2D eigenvalue weighted by Crippen LogP contribution is -2.38. The van der Waals surface area contributed by atoms with E-state index in [0.717, 1.165) is 16.5 Å². The molecule has 0 aliphatic heterocycles. The Hall–Kier alpha value is -3.30.